The summed E-state index contributed by atoms with van der Waals surface area (Å²) in [6, 6.07) is 8.96. The van der Waals surface area contributed by atoms with Crippen molar-refractivity contribution in [2.24, 2.45) is 0 Å². The summed E-state index contributed by atoms with van der Waals surface area (Å²) < 4.78 is 5.06. The van der Waals surface area contributed by atoms with Crippen LogP contribution in [0.4, 0.5) is 0 Å². The molecule has 4 nitrogen and oxygen atoms in total. The summed E-state index contributed by atoms with van der Waals surface area (Å²) in [4.78, 5) is 28.1. The van der Waals surface area contributed by atoms with Gasteiger partial charge in [-0.15, -0.1) is 0 Å². The van der Waals surface area contributed by atoms with Gasteiger partial charge in [0.15, 0.2) is 0 Å². The van der Waals surface area contributed by atoms with Crippen molar-refractivity contribution >= 4 is 28.9 Å². The van der Waals surface area contributed by atoms with Gasteiger partial charge in [0.05, 0.1) is 11.6 Å². The van der Waals surface area contributed by atoms with E-state index in [0.29, 0.717) is 22.6 Å². The molecular weight excluding hydrogens is 302 g/mol. The van der Waals surface area contributed by atoms with Crippen molar-refractivity contribution in [2.45, 2.75) is 13.3 Å². The number of H-pyrrole nitrogens is 1. The van der Waals surface area contributed by atoms with Gasteiger partial charge in [-0.2, -0.15) is 0 Å². The van der Waals surface area contributed by atoms with Crippen LogP contribution in [-0.4, -0.2) is 23.3 Å². The number of Topliss-reactive ketones (excluding diaryl/α,β-unsaturated/α-hetero) is 1. The van der Waals surface area contributed by atoms with Crippen LogP contribution in [0.25, 0.3) is 5.57 Å². The van der Waals surface area contributed by atoms with Gasteiger partial charge in [0.2, 0.25) is 5.78 Å². The lowest BCUT2D eigenvalue weighted by atomic mass is 9.83. The van der Waals surface area contributed by atoms with Crippen molar-refractivity contribution < 1.29 is 14.3 Å². The summed E-state index contributed by atoms with van der Waals surface area (Å²) >= 11 is 6.15. The zero-order valence-electron chi connectivity index (χ0n) is 12.0. The number of aromatic nitrogens is 1. The third kappa shape index (κ3) is 2.35. The maximum Gasteiger partial charge on any atom is 0.342 e. The van der Waals surface area contributed by atoms with Crippen molar-refractivity contribution in [1.82, 2.24) is 4.98 Å². The fourth-order valence-electron chi connectivity index (χ4n) is 2.68. The third-order valence-electron chi connectivity index (χ3n) is 3.63. The van der Waals surface area contributed by atoms with Crippen LogP contribution in [0, 0.1) is 0 Å². The molecule has 0 atom stereocenters. The van der Waals surface area contributed by atoms with Crippen LogP contribution >= 0.6 is 11.6 Å². The molecule has 0 saturated heterocycles. The van der Waals surface area contributed by atoms with Crippen molar-refractivity contribution in [3.05, 3.63) is 63.9 Å². The summed E-state index contributed by atoms with van der Waals surface area (Å²) in [6.45, 7) is 1.92. The van der Waals surface area contributed by atoms with E-state index in [0.717, 1.165) is 11.3 Å². The highest BCUT2D eigenvalue weighted by Gasteiger charge is 2.33. The highest BCUT2D eigenvalue weighted by molar-refractivity contribution is 6.39. The maximum atomic E-state index is 12.8. The molecule has 3 rings (SSSR count). The number of fused-ring (bicyclic) bond motifs is 1. The Hall–Kier alpha value is -2.33. The molecule has 0 aliphatic heterocycles. The summed E-state index contributed by atoms with van der Waals surface area (Å²) in [5, 5.41) is 0.356. The van der Waals surface area contributed by atoms with Gasteiger partial charge in [0.25, 0.3) is 0 Å². The number of ether oxygens (including phenoxy) is 1. The molecule has 0 bridgehead atoms. The molecule has 1 aromatic carbocycles. The van der Waals surface area contributed by atoms with Gasteiger partial charge in [-0.3, -0.25) is 4.79 Å². The first kappa shape index (κ1) is 14.6. The summed E-state index contributed by atoms with van der Waals surface area (Å²) in [5.74, 6) is -0.988. The standard InChI is InChI=1S/C17H14ClNO3/c1-2-22-17(21)15-11(13-7-4-8-19-13)9-10-5-3-6-12(18)14(10)16(15)20/h3-8,19H,2,9H2,1H3. The Morgan fingerprint density at radius 3 is 2.82 bits per heavy atom. The second kappa shape index (κ2) is 5.81. The van der Waals surface area contributed by atoms with E-state index in [9.17, 15) is 9.59 Å². The van der Waals surface area contributed by atoms with E-state index >= 15 is 0 Å². The normalized spacial score (nSPS) is 14.0. The molecule has 1 heterocycles. The van der Waals surface area contributed by atoms with Crippen LogP contribution in [-0.2, 0) is 16.0 Å². The van der Waals surface area contributed by atoms with Crippen LogP contribution in [0.5, 0.6) is 0 Å². The zero-order valence-corrected chi connectivity index (χ0v) is 12.7. The lowest BCUT2D eigenvalue weighted by Crippen LogP contribution is -2.24. The van der Waals surface area contributed by atoms with E-state index in [4.69, 9.17) is 16.3 Å². The van der Waals surface area contributed by atoms with E-state index in [2.05, 4.69) is 4.98 Å². The van der Waals surface area contributed by atoms with Crippen LogP contribution in [0.1, 0.15) is 28.5 Å². The predicted molar refractivity (Wildman–Crippen MR) is 83.8 cm³/mol. The number of esters is 1. The Morgan fingerprint density at radius 2 is 2.14 bits per heavy atom. The first-order chi connectivity index (χ1) is 10.6. The van der Waals surface area contributed by atoms with Crippen LogP contribution in [0.15, 0.2) is 42.1 Å². The van der Waals surface area contributed by atoms with Gasteiger partial charge in [-0.05, 0) is 36.3 Å². The van der Waals surface area contributed by atoms with E-state index in [1.54, 1.807) is 25.3 Å². The van der Waals surface area contributed by atoms with E-state index < -0.39 is 5.97 Å². The van der Waals surface area contributed by atoms with Crippen LogP contribution < -0.4 is 0 Å². The monoisotopic (exact) mass is 315 g/mol. The van der Waals surface area contributed by atoms with E-state index in [1.807, 2.05) is 18.2 Å². The second-order valence-corrected chi connectivity index (χ2v) is 5.34. The fourth-order valence-corrected chi connectivity index (χ4v) is 2.96. The first-order valence-electron chi connectivity index (χ1n) is 6.99. The minimum atomic E-state index is -0.609. The molecule has 1 N–H and O–H groups in total. The van der Waals surface area contributed by atoms with Crippen LogP contribution in [0.3, 0.4) is 0 Å². The van der Waals surface area contributed by atoms with E-state index in [1.165, 1.54) is 0 Å². The first-order valence-corrected chi connectivity index (χ1v) is 7.37. The Kier molecular flexibility index (Phi) is 3.86. The largest absolute Gasteiger partial charge is 0.462 e. The van der Waals surface area contributed by atoms with Gasteiger partial charge >= 0.3 is 5.97 Å². The van der Waals surface area contributed by atoms with E-state index in [-0.39, 0.29) is 18.0 Å². The molecule has 1 aliphatic carbocycles. The second-order valence-electron chi connectivity index (χ2n) is 4.94. The molecule has 5 heteroatoms. The quantitative estimate of drug-likeness (QED) is 0.697. The highest BCUT2D eigenvalue weighted by Crippen LogP contribution is 2.35. The van der Waals surface area contributed by atoms with Gasteiger partial charge in [-0.1, -0.05) is 23.7 Å². The Labute approximate surface area is 132 Å². The highest BCUT2D eigenvalue weighted by atomic mass is 35.5. The number of ketones is 1. The lowest BCUT2D eigenvalue weighted by Gasteiger charge is -2.21. The van der Waals surface area contributed by atoms with Gasteiger partial charge < -0.3 is 9.72 Å². The molecule has 22 heavy (non-hydrogen) atoms. The average Bonchev–Trinajstić information content (AvgIpc) is 3.01. The Morgan fingerprint density at radius 1 is 1.32 bits per heavy atom. The number of carbonyl (C=O) groups is 2. The Balaban J connectivity index is 2.19. The number of allylic oxidation sites excluding steroid dienone is 1. The number of hydrogen-bond acceptors (Lipinski definition) is 3. The number of benzene rings is 1. The predicted octanol–water partition coefficient (Wildman–Crippen LogP) is 3.42. The minimum absolute atomic E-state index is 0.0601. The fraction of sp³-hybridized carbons (Fsp3) is 0.176. The summed E-state index contributed by atoms with van der Waals surface area (Å²) in [6.07, 6.45) is 2.21. The molecule has 1 aliphatic rings. The van der Waals surface area contributed by atoms with Gasteiger partial charge in [-0.25, -0.2) is 4.79 Å². The molecule has 112 valence electrons. The van der Waals surface area contributed by atoms with Crippen molar-refractivity contribution in [3.63, 3.8) is 0 Å². The number of carbonyl (C=O) groups excluding carboxylic acids is 2. The van der Waals surface area contributed by atoms with Crippen molar-refractivity contribution in [1.29, 1.82) is 0 Å². The molecule has 1 aromatic heterocycles. The third-order valence-corrected chi connectivity index (χ3v) is 3.94. The molecule has 0 amide bonds. The van der Waals surface area contributed by atoms with Crippen LogP contribution in [0.2, 0.25) is 5.02 Å². The zero-order chi connectivity index (χ0) is 15.7. The molecule has 0 saturated carbocycles. The van der Waals surface area contributed by atoms with Gasteiger partial charge in [0.1, 0.15) is 5.57 Å². The average molecular weight is 316 g/mol. The number of nitrogens with one attached hydrogen (secondary N) is 1. The van der Waals surface area contributed by atoms with Gasteiger partial charge in [0, 0.05) is 23.9 Å². The number of aromatic amines is 1. The molecule has 0 fully saturated rings. The number of rotatable bonds is 3. The Bertz CT molecular complexity index is 775. The number of halogens is 1. The molecule has 0 spiro atoms. The number of hydrogen-bond donors (Lipinski definition) is 1. The molecule has 0 unspecified atom stereocenters. The molecular formula is C17H14ClNO3. The SMILES string of the molecule is CCOC(=O)C1=C(c2ccc[nH]2)Cc2cccc(Cl)c2C1=O. The maximum absolute atomic E-state index is 12.8. The lowest BCUT2D eigenvalue weighted by molar-refractivity contribution is -0.138. The molecule has 2 aromatic rings. The smallest absolute Gasteiger partial charge is 0.342 e. The summed E-state index contributed by atoms with van der Waals surface area (Å²) in [7, 11) is 0. The minimum Gasteiger partial charge on any atom is -0.462 e. The summed E-state index contributed by atoms with van der Waals surface area (Å²) in [5.41, 5.74) is 2.65. The molecule has 0 radical (unpaired) electrons. The topological polar surface area (TPSA) is 59.2 Å². The van der Waals surface area contributed by atoms with Crippen molar-refractivity contribution in [2.75, 3.05) is 6.61 Å². The van der Waals surface area contributed by atoms with Crippen molar-refractivity contribution in [3.8, 4) is 0 Å².